The number of rotatable bonds is 5. The average molecular weight is 221 g/mol. The van der Waals surface area contributed by atoms with Crippen LogP contribution >= 0.6 is 12.2 Å². The second-order valence-electron chi connectivity index (χ2n) is 2.86. The van der Waals surface area contributed by atoms with Crippen molar-refractivity contribution in [2.24, 2.45) is 4.99 Å². The first-order valence-electron chi connectivity index (χ1n) is 4.56. The molecular weight excluding hydrogens is 210 g/mol. The van der Waals surface area contributed by atoms with Gasteiger partial charge >= 0.3 is 5.97 Å². The van der Waals surface area contributed by atoms with Gasteiger partial charge in [-0.3, -0.25) is 4.79 Å². The van der Waals surface area contributed by atoms with Crippen molar-refractivity contribution in [3.05, 3.63) is 35.9 Å². The molecule has 1 aromatic rings. The summed E-state index contributed by atoms with van der Waals surface area (Å²) < 4.78 is 4.93. The summed E-state index contributed by atoms with van der Waals surface area (Å²) in [5.74, 6) is -0.249. The normalized spacial score (nSPS) is 9.07. The molecule has 0 saturated heterocycles. The zero-order chi connectivity index (χ0) is 10.9. The lowest BCUT2D eigenvalue weighted by atomic mass is 10.2. The van der Waals surface area contributed by atoms with E-state index in [4.69, 9.17) is 4.74 Å². The van der Waals surface area contributed by atoms with Crippen LogP contribution in [-0.4, -0.2) is 24.3 Å². The number of ether oxygens (including phenoxy) is 1. The number of isothiocyanates is 1. The van der Waals surface area contributed by atoms with Crippen molar-refractivity contribution in [2.75, 3.05) is 13.2 Å². The van der Waals surface area contributed by atoms with Crippen molar-refractivity contribution in [1.29, 1.82) is 0 Å². The summed E-state index contributed by atoms with van der Waals surface area (Å²) in [5, 5.41) is 2.21. The minimum Gasteiger partial charge on any atom is -0.463 e. The first kappa shape index (κ1) is 11.6. The molecule has 0 aromatic heterocycles. The van der Waals surface area contributed by atoms with E-state index in [1.54, 1.807) is 0 Å². The average Bonchev–Trinajstić information content (AvgIpc) is 2.26. The highest BCUT2D eigenvalue weighted by molar-refractivity contribution is 7.78. The monoisotopic (exact) mass is 221 g/mol. The Morgan fingerprint density at radius 1 is 1.40 bits per heavy atom. The van der Waals surface area contributed by atoms with Gasteiger partial charge in [-0.15, -0.1) is 0 Å². The van der Waals surface area contributed by atoms with E-state index in [2.05, 4.69) is 22.4 Å². The molecule has 0 amide bonds. The Bertz CT molecular complexity index is 358. The van der Waals surface area contributed by atoms with Crippen molar-refractivity contribution >= 4 is 23.3 Å². The molecular formula is C11H11NO2S. The van der Waals surface area contributed by atoms with Crippen LogP contribution in [0.4, 0.5) is 0 Å². The summed E-state index contributed by atoms with van der Waals surface area (Å²) in [6, 6.07) is 9.45. The predicted molar refractivity (Wildman–Crippen MR) is 61.0 cm³/mol. The van der Waals surface area contributed by atoms with Gasteiger partial charge in [0.25, 0.3) is 0 Å². The van der Waals surface area contributed by atoms with Crippen molar-refractivity contribution in [1.82, 2.24) is 0 Å². The van der Waals surface area contributed by atoms with Crippen LogP contribution in [0, 0.1) is 0 Å². The predicted octanol–water partition coefficient (Wildman–Crippen LogP) is 1.88. The Kier molecular flexibility index (Phi) is 5.30. The molecule has 78 valence electrons. The Labute approximate surface area is 93.8 Å². The molecule has 0 N–H and O–H groups in total. The Morgan fingerprint density at radius 2 is 2.13 bits per heavy atom. The van der Waals surface area contributed by atoms with Crippen LogP contribution in [0.3, 0.4) is 0 Å². The van der Waals surface area contributed by atoms with E-state index in [9.17, 15) is 4.79 Å². The lowest BCUT2D eigenvalue weighted by Crippen LogP contribution is -2.10. The van der Waals surface area contributed by atoms with Gasteiger partial charge in [-0.05, 0) is 17.8 Å². The zero-order valence-electron chi connectivity index (χ0n) is 8.18. The van der Waals surface area contributed by atoms with Crippen LogP contribution in [0.25, 0.3) is 0 Å². The van der Waals surface area contributed by atoms with Crippen molar-refractivity contribution in [3.8, 4) is 0 Å². The molecule has 0 aliphatic rings. The largest absolute Gasteiger partial charge is 0.463 e. The van der Waals surface area contributed by atoms with Gasteiger partial charge in [0.1, 0.15) is 6.61 Å². The van der Waals surface area contributed by atoms with Gasteiger partial charge in [-0.25, -0.2) is 4.99 Å². The SMILES string of the molecule is O=C(Cc1ccccc1)OCCN=C=S. The van der Waals surface area contributed by atoms with Crippen LogP contribution in [0.5, 0.6) is 0 Å². The third-order valence-corrected chi connectivity index (χ3v) is 1.85. The second kappa shape index (κ2) is 6.87. The summed E-state index contributed by atoms with van der Waals surface area (Å²) in [6.45, 7) is 0.638. The third-order valence-electron chi connectivity index (χ3n) is 1.72. The Hall–Kier alpha value is -1.51. The molecule has 0 heterocycles. The van der Waals surface area contributed by atoms with Crippen LogP contribution in [-0.2, 0) is 16.0 Å². The van der Waals surface area contributed by atoms with E-state index in [0.29, 0.717) is 13.0 Å². The number of thiocarbonyl (C=S) groups is 1. The Morgan fingerprint density at radius 3 is 2.80 bits per heavy atom. The molecule has 0 atom stereocenters. The molecule has 15 heavy (non-hydrogen) atoms. The zero-order valence-corrected chi connectivity index (χ0v) is 9.00. The fourth-order valence-electron chi connectivity index (χ4n) is 1.06. The number of carbonyl (C=O) groups is 1. The van der Waals surface area contributed by atoms with E-state index in [0.717, 1.165) is 5.56 Å². The number of benzene rings is 1. The highest BCUT2D eigenvalue weighted by atomic mass is 32.1. The van der Waals surface area contributed by atoms with E-state index in [-0.39, 0.29) is 12.6 Å². The van der Waals surface area contributed by atoms with Crippen LogP contribution in [0.2, 0.25) is 0 Å². The maximum Gasteiger partial charge on any atom is 0.310 e. The van der Waals surface area contributed by atoms with Gasteiger partial charge in [-0.2, -0.15) is 0 Å². The molecule has 0 spiro atoms. The first-order valence-corrected chi connectivity index (χ1v) is 4.97. The highest BCUT2D eigenvalue weighted by Gasteiger charge is 2.03. The first-order chi connectivity index (χ1) is 7.33. The molecule has 0 bridgehead atoms. The number of hydrogen-bond donors (Lipinski definition) is 0. The molecule has 0 saturated carbocycles. The number of aliphatic imine (C=N–C) groups is 1. The number of carbonyl (C=O) groups excluding carboxylic acids is 1. The van der Waals surface area contributed by atoms with Crippen molar-refractivity contribution < 1.29 is 9.53 Å². The lowest BCUT2D eigenvalue weighted by Gasteiger charge is -2.02. The quantitative estimate of drug-likeness (QED) is 0.330. The number of hydrogen-bond acceptors (Lipinski definition) is 4. The molecule has 1 rings (SSSR count). The van der Waals surface area contributed by atoms with Gasteiger partial charge in [0.2, 0.25) is 0 Å². The van der Waals surface area contributed by atoms with Crippen molar-refractivity contribution in [3.63, 3.8) is 0 Å². The standard InChI is InChI=1S/C11H11NO2S/c13-11(14-7-6-12-9-15)8-10-4-2-1-3-5-10/h1-5H,6-8H2. The molecule has 0 radical (unpaired) electrons. The van der Waals surface area contributed by atoms with Crippen LogP contribution < -0.4 is 0 Å². The minimum atomic E-state index is -0.249. The molecule has 0 aliphatic heterocycles. The maximum atomic E-state index is 11.3. The van der Waals surface area contributed by atoms with Gasteiger partial charge in [-0.1, -0.05) is 30.3 Å². The number of esters is 1. The Balaban J connectivity index is 2.27. The lowest BCUT2D eigenvalue weighted by molar-refractivity contribution is -0.142. The van der Waals surface area contributed by atoms with E-state index < -0.39 is 0 Å². The summed E-state index contributed by atoms with van der Waals surface area (Å²) in [6.07, 6.45) is 0.294. The summed E-state index contributed by atoms with van der Waals surface area (Å²) in [4.78, 5) is 14.9. The van der Waals surface area contributed by atoms with Crippen molar-refractivity contribution in [2.45, 2.75) is 6.42 Å². The topological polar surface area (TPSA) is 38.7 Å². The third kappa shape index (κ3) is 5.05. The van der Waals surface area contributed by atoms with E-state index >= 15 is 0 Å². The summed E-state index contributed by atoms with van der Waals surface area (Å²) in [7, 11) is 0. The van der Waals surface area contributed by atoms with Gasteiger partial charge < -0.3 is 4.74 Å². The van der Waals surface area contributed by atoms with E-state index in [1.165, 1.54) is 0 Å². The molecule has 1 aromatic carbocycles. The smallest absolute Gasteiger partial charge is 0.310 e. The summed E-state index contributed by atoms with van der Waals surface area (Å²) in [5.41, 5.74) is 0.945. The molecule has 0 unspecified atom stereocenters. The highest BCUT2D eigenvalue weighted by Crippen LogP contribution is 2.00. The summed E-state index contributed by atoms with van der Waals surface area (Å²) >= 11 is 4.38. The van der Waals surface area contributed by atoms with Crippen LogP contribution in [0.15, 0.2) is 35.3 Å². The minimum absolute atomic E-state index is 0.249. The molecule has 0 fully saturated rings. The van der Waals surface area contributed by atoms with Gasteiger partial charge in [0.05, 0.1) is 18.1 Å². The van der Waals surface area contributed by atoms with Gasteiger partial charge in [0, 0.05) is 0 Å². The fourth-order valence-corrected chi connectivity index (χ4v) is 1.16. The molecule has 4 heteroatoms. The van der Waals surface area contributed by atoms with E-state index in [1.807, 2.05) is 30.3 Å². The maximum absolute atomic E-state index is 11.3. The van der Waals surface area contributed by atoms with Gasteiger partial charge in [0.15, 0.2) is 0 Å². The van der Waals surface area contributed by atoms with Crippen LogP contribution in [0.1, 0.15) is 5.56 Å². The molecule has 0 aliphatic carbocycles. The molecule has 3 nitrogen and oxygen atoms in total. The number of nitrogens with zero attached hydrogens (tertiary/aromatic N) is 1. The fraction of sp³-hybridized carbons (Fsp3) is 0.273. The second-order valence-corrected chi connectivity index (χ2v) is 3.04.